The first-order valence-corrected chi connectivity index (χ1v) is 8.67. The molecule has 0 spiro atoms. The number of hydrogen-bond donors (Lipinski definition) is 2. The summed E-state index contributed by atoms with van der Waals surface area (Å²) in [6.07, 6.45) is 0. The predicted molar refractivity (Wildman–Crippen MR) is 107 cm³/mol. The highest BCUT2D eigenvalue weighted by molar-refractivity contribution is 6.12. The molecule has 0 aliphatic heterocycles. The Morgan fingerprint density at radius 2 is 1.56 bits per heavy atom. The van der Waals surface area contributed by atoms with E-state index in [1.807, 2.05) is 80.6 Å². The number of nitrogens with one attached hydrogen (secondary N) is 2. The van der Waals surface area contributed by atoms with Gasteiger partial charge in [0.1, 0.15) is 5.56 Å². The number of aryl methyl sites for hydroxylation is 2. The summed E-state index contributed by atoms with van der Waals surface area (Å²) in [6.45, 7) is 3.85. The van der Waals surface area contributed by atoms with E-state index in [9.17, 15) is 4.79 Å². The molecule has 27 heavy (non-hydrogen) atoms. The Morgan fingerprint density at radius 3 is 2.22 bits per heavy atom. The molecule has 4 aromatic rings. The second kappa shape index (κ2) is 6.92. The molecule has 0 saturated carbocycles. The van der Waals surface area contributed by atoms with Crippen molar-refractivity contribution in [2.24, 2.45) is 0 Å². The third kappa shape index (κ3) is 3.37. The first kappa shape index (κ1) is 16.8. The molecule has 6 nitrogen and oxygen atoms in total. The molecule has 2 heterocycles. The van der Waals surface area contributed by atoms with Crippen LogP contribution in [0.3, 0.4) is 0 Å². The van der Waals surface area contributed by atoms with Crippen molar-refractivity contribution in [2.45, 2.75) is 13.8 Å². The van der Waals surface area contributed by atoms with Crippen LogP contribution in [0.15, 0.2) is 66.7 Å². The molecule has 134 valence electrons. The van der Waals surface area contributed by atoms with Crippen LogP contribution in [0.4, 0.5) is 17.2 Å². The van der Waals surface area contributed by atoms with E-state index >= 15 is 0 Å². The molecule has 0 aliphatic carbocycles. The summed E-state index contributed by atoms with van der Waals surface area (Å²) in [5, 5.41) is 10.8. The molecule has 0 saturated heterocycles. The van der Waals surface area contributed by atoms with E-state index in [2.05, 4.69) is 20.7 Å². The van der Waals surface area contributed by atoms with E-state index in [0.717, 1.165) is 22.8 Å². The lowest BCUT2D eigenvalue weighted by molar-refractivity contribution is 0.102. The van der Waals surface area contributed by atoms with E-state index in [1.165, 1.54) is 0 Å². The van der Waals surface area contributed by atoms with Gasteiger partial charge in [0.15, 0.2) is 11.5 Å². The van der Waals surface area contributed by atoms with Crippen molar-refractivity contribution < 1.29 is 4.79 Å². The van der Waals surface area contributed by atoms with Gasteiger partial charge in [-0.15, -0.1) is 5.10 Å². The Labute approximate surface area is 156 Å². The van der Waals surface area contributed by atoms with Crippen molar-refractivity contribution >= 4 is 28.7 Å². The van der Waals surface area contributed by atoms with Crippen LogP contribution in [0.2, 0.25) is 0 Å². The Bertz CT molecular complexity index is 1100. The number of anilines is 3. The van der Waals surface area contributed by atoms with Crippen LogP contribution in [0.25, 0.3) is 5.65 Å². The molecular weight excluding hydrogens is 338 g/mol. The van der Waals surface area contributed by atoms with Crippen molar-refractivity contribution in [1.82, 2.24) is 14.6 Å². The van der Waals surface area contributed by atoms with Crippen LogP contribution < -0.4 is 10.6 Å². The van der Waals surface area contributed by atoms with Crippen LogP contribution in [-0.2, 0) is 0 Å². The standard InChI is InChI=1S/C21H19N5O/c1-14-13-15(2)26-20(22-14)18(21(27)24-17-11-7-4-8-12-17)19(25-26)23-16-9-5-3-6-10-16/h3-13H,1-2H3,(H,23,25)(H,24,27). The average molecular weight is 357 g/mol. The maximum absolute atomic E-state index is 13.1. The summed E-state index contributed by atoms with van der Waals surface area (Å²) in [5.41, 5.74) is 4.25. The number of benzene rings is 2. The molecule has 2 N–H and O–H groups in total. The molecular formula is C21H19N5O. The summed E-state index contributed by atoms with van der Waals surface area (Å²) in [7, 11) is 0. The summed E-state index contributed by atoms with van der Waals surface area (Å²) in [5.74, 6) is 0.211. The summed E-state index contributed by atoms with van der Waals surface area (Å²) < 4.78 is 1.69. The average Bonchev–Trinajstić information content (AvgIpc) is 3.01. The first-order chi connectivity index (χ1) is 13.1. The van der Waals surface area contributed by atoms with Gasteiger partial charge in [-0.05, 0) is 44.2 Å². The molecule has 2 aromatic carbocycles. The smallest absolute Gasteiger partial charge is 0.263 e. The van der Waals surface area contributed by atoms with Crippen LogP contribution in [0, 0.1) is 13.8 Å². The largest absolute Gasteiger partial charge is 0.338 e. The predicted octanol–water partition coefficient (Wildman–Crippen LogP) is 4.34. The SMILES string of the molecule is Cc1cc(C)n2nc(Nc3ccccc3)c(C(=O)Nc3ccccc3)c2n1. The molecule has 1 amide bonds. The number of amides is 1. The second-order valence-corrected chi connectivity index (χ2v) is 6.31. The number of carbonyl (C=O) groups excluding carboxylic acids is 1. The molecule has 0 radical (unpaired) electrons. The van der Waals surface area contributed by atoms with Crippen molar-refractivity contribution in [1.29, 1.82) is 0 Å². The Morgan fingerprint density at radius 1 is 0.926 bits per heavy atom. The van der Waals surface area contributed by atoms with Gasteiger partial charge < -0.3 is 10.6 Å². The zero-order valence-corrected chi connectivity index (χ0v) is 15.1. The minimum absolute atomic E-state index is 0.257. The van der Waals surface area contributed by atoms with Crippen LogP contribution in [0.1, 0.15) is 21.7 Å². The van der Waals surface area contributed by atoms with Gasteiger partial charge in [0.05, 0.1) is 0 Å². The van der Waals surface area contributed by atoms with Gasteiger partial charge >= 0.3 is 0 Å². The zero-order valence-electron chi connectivity index (χ0n) is 15.1. The summed E-state index contributed by atoms with van der Waals surface area (Å²) >= 11 is 0. The minimum Gasteiger partial charge on any atom is -0.338 e. The lowest BCUT2D eigenvalue weighted by Crippen LogP contribution is -2.14. The topological polar surface area (TPSA) is 71.3 Å². The highest BCUT2D eigenvalue weighted by atomic mass is 16.1. The van der Waals surface area contributed by atoms with E-state index in [-0.39, 0.29) is 5.91 Å². The minimum atomic E-state index is -0.257. The van der Waals surface area contributed by atoms with Gasteiger partial charge in [0, 0.05) is 22.8 Å². The van der Waals surface area contributed by atoms with Crippen molar-refractivity contribution in [3.63, 3.8) is 0 Å². The number of fused-ring (bicyclic) bond motifs is 1. The molecule has 0 fully saturated rings. The number of nitrogens with zero attached hydrogens (tertiary/aromatic N) is 3. The maximum atomic E-state index is 13.1. The van der Waals surface area contributed by atoms with Crippen molar-refractivity contribution in [3.05, 3.63) is 83.7 Å². The molecule has 0 atom stereocenters. The summed E-state index contributed by atoms with van der Waals surface area (Å²) in [6, 6.07) is 20.9. The Balaban J connectivity index is 1.82. The number of rotatable bonds is 4. The van der Waals surface area contributed by atoms with E-state index < -0.39 is 0 Å². The second-order valence-electron chi connectivity index (χ2n) is 6.31. The summed E-state index contributed by atoms with van der Waals surface area (Å²) in [4.78, 5) is 17.6. The molecule has 2 aromatic heterocycles. The highest BCUT2D eigenvalue weighted by Gasteiger charge is 2.22. The number of hydrogen-bond acceptors (Lipinski definition) is 4. The normalized spacial score (nSPS) is 10.7. The highest BCUT2D eigenvalue weighted by Crippen LogP contribution is 2.25. The van der Waals surface area contributed by atoms with E-state index in [4.69, 9.17) is 0 Å². The monoisotopic (exact) mass is 357 g/mol. The fraction of sp³-hybridized carbons (Fsp3) is 0.0952. The fourth-order valence-corrected chi connectivity index (χ4v) is 2.99. The van der Waals surface area contributed by atoms with Crippen LogP contribution >= 0.6 is 0 Å². The van der Waals surface area contributed by atoms with Gasteiger partial charge in [-0.2, -0.15) is 0 Å². The fourth-order valence-electron chi connectivity index (χ4n) is 2.99. The third-order valence-electron chi connectivity index (χ3n) is 4.19. The van der Waals surface area contributed by atoms with E-state index in [0.29, 0.717) is 17.0 Å². The zero-order chi connectivity index (χ0) is 18.8. The quantitative estimate of drug-likeness (QED) is 0.570. The number of aromatic nitrogens is 3. The Hall–Kier alpha value is -3.67. The van der Waals surface area contributed by atoms with Gasteiger partial charge in [-0.3, -0.25) is 4.79 Å². The molecule has 0 bridgehead atoms. The lowest BCUT2D eigenvalue weighted by Gasteiger charge is -2.07. The number of para-hydroxylation sites is 2. The molecule has 0 unspecified atom stereocenters. The van der Waals surface area contributed by atoms with Gasteiger partial charge in [0.25, 0.3) is 5.91 Å². The van der Waals surface area contributed by atoms with Gasteiger partial charge in [-0.25, -0.2) is 9.50 Å². The van der Waals surface area contributed by atoms with E-state index in [1.54, 1.807) is 4.52 Å². The number of carbonyl (C=O) groups is 1. The van der Waals surface area contributed by atoms with Crippen LogP contribution in [0.5, 0.6) is 0 Å². The molecule has 6 heteroatoms. The lowest BCUT2D eigenvalue weighted by atomic mass is 10.2. The molecule has 4 rings (SSSR count). The first-order valence-electron chi connectivity index (χ1n) is 8.67. The Kier molecular flexibility index (Phi) is 4.30. The van der Waals surface area contributed by atoms with Crippen molar-refractivity contribution in [3.8, 4) is 0 Å². The van der Waals surface area contributed by atoms with Crippen molar-refractivity contribution in [2.75, 3.05) is 10.6 Å². The van der Waals surface area contributed by atoms with Gasteiger partial charge in [-0.1, -0.05) is 36.4 Å². The van der Waals surface area contributed by atoms with Gasteiger partial charge in [0.2, 0.25) is 0 Å². The third-order valence-corrected chi connectivity index (χ3v) is 4.19. The maximum Gasteiger partial charge on any atom is 0.263 e. The molecule has 0 aliphatic rings. The van der Waals surface area contributed by atoms with Crippen LogP contribution in [-0.4, -0.2) is 20.5 Å².